The molecule has 1 aromatic heterocycles. The highest BCUT2D eigenvalue weighted by atomic mass is 16.6. The van der Waals surface area contributed by atoms with Gasteiger partial charge in [0.15, 0.2) is 5.89 Å². The van der Waals surface area contributed by atoms with Crippen molar-refractivity contribution in [2.45, 2.75) is 46.0 Å². The first-order chi connectivity index (χ1) is 18.8. The summed E-state index contributed by atoms with van der Waals surface area (Å²) in [5, 5.41) is 0. The lowest BCUT2D eigenvalue weighted by Crippen LogP contribution is -2.30. The van der Waals surface area contributed by atoms with E-state index in [0.29, 0.717) is 45.0 Å². The van der Waals surface area contributed by atoms with Crippen molar-refractivity contribution in [3.05, 3.63) is 83.1 Å². The summed E-state index contributed by atoms with van der Waals surface area (Å²) in [6.07, 6.45) is 1.17. The van der Waals surface area contributed by atoms with Gasteiger partial charge in [0.25, 0.3) is 0 Å². The zero-order chi connectivity index (χ0) is 27.8. The fourth-order valence-corrected chi connectivity index (χ4v) is 4.90. The monoisotopic (exact) mass is 534 g/mol. The summed E-state index contributed by atoms with van der Waals surface area (Å²) in [4.78, 5) is 31.1. The minimum absolute atomic E-state index is 0.0300. The molecule has 2 heterocycles. The number of oxazole rings is 1. The number of carbonyl (C=O) groups is 2. The molecule has 1 saturated heterocycles. The van der Waals surface area contributed by atoms with Gasteiger partial charge in [-0.05, 0) is 42.0 Å². The topological polar surface area (TPSA) is 91.1 Å². The van der Waals surface area contributed by atoms with E-state index in [4.69, 9.17) is 18.6 Å². The van der Waals surface area contributed by atoms with Crippen molar-refractivity contribution in [2.75, 3.05) is 33.4 Å². The third-order valence-corrected chi connectivity index (χ3v) is 6.92. The van der Waals surface area contributed by atoms with E-state index in [0.717, 1.165) is 28.3 Å². The van der Waals surface area contributed by atoms with Crippen LogP contribution in [0.2, 0.25) is 0 Å². The molecule has 1 amide bonds. The average Bonchev–Trinajstić information content (AvgIpc) is 3.50. The molecule has 0 saturated carbocycles. The van der Waals surface area contributed by atoms with Crippen LogP contribution < -0.4 is 4.74 Å². The van der Waals surface area contributed by atoms with Gasteiger partial charge in [0, 0.05) is 31.8 Å². The van der Waals surface area contributed by atoms with E-state index < -0.39 is 0 Å². The van der Waals surface area contributed by atoms with Gasteiger partial charge in [-0.3, -0.25) is 4.79 Å². The molecule has 2 aromatic carbocycles. The Hall–Kier alpha value is -3.81. The van der Waals surface area contributed by atoms with E-state index in [1.165, 1.54) is 7.11 Å². The Morgan fingerprint density at radius 1 is 1.10 bits per heavy atom. The molecule has 3 aromatic rings. The minimum Gasteiger partial charge on any atom is -0.493 e. The molecule has 0 bridgehead atoms. The van der Waals surface area contributed by atoms with Crippen molar-refractivity contribution in [3.8, 4) is 5.75 Å². The van der Waals surface area contributed by atoms with E-state index in [2.05, 4.69) is 17.1 Å². The molecule has 2 atom stereocenters. The number of ether oxygens (including phenoxy) is 3. The van der Waals surface area contributed by atoms with Crippen LogP contribution in [0.4, 0.5) is 4.79 Å². The Morgan fingerprint density at radius 3 is 2.64 bits per heavy atom. The normalized spacial score (nSPS) is 16.9. The van der Waals surface area contributed by atoms with Crippen LogP contribution >= 0.6 is 0 Å². The molecule has 8 heteroatoms. The van der Waals surface area contributed by atoms with Gasteiger partial charge in [0.1, 0.15) is 11.5 Å². The molecule has 1 aliphatic rings. The number of hydrogen-bond donors (Lipinski definition) is 0. The zero-order valence-corrected chi connectivity index (χ0v) is 23.2. The van der Waals surface area contributed by atoms with Crippen molar-refractivity contribution in [2.24, 2.45) is 11.8 Å². The fraction of sp³-hybridized carbons (Fsp3) is 0.452. The number of aromatic nitrogens is 1. The quantitative estimate of drug-likeness (QED) is 0.297. The van der Waals surface area contributed by atoms with Gasteiger partial charge >= 0.3 is 12.1 Å². The van der Waals surface area contributed by atoms with Gasteiger partial charge in [0.2, 0.25) is 0 Å². The van der Waals surface area contributed by atoms with E-state index in [1.807, 2.05) is 63.2 Å². The van der Waals surface area contributed by atoms with Crippen LogP contribution in [-0.2, 0) is 27.1 Å². The zero-order valence-electron chi connectivity index (χ0n) is 23.2. The summed E-state index contributed by atoms with van der Waals surface area (Å²) in [6.45, 7) is 7.66. The molecule has 0 aliphatic carbocycles. The average molecular weight is 535 g/mol. The summed E-state index contributed by atoms with van der Waals surface area (Å²) in [7, 11) is 1.39. The summed E-state index contributed by atoms with van der Waals surface area (Å²) >= 11 is 0. The van der Waals surface area contributed by atoms with Gasteiger partial charge in [-0.1, -0.05) is 56.3 Å². The van der Waals surface area contributed by atoms with Crippen LogP contribution in [0.1, 0.15) is 54.7 Å². The van der Waals surface area contributed by atoms with Crippen LogP contribution in [-0.4, -0.2) is 55.4 Å². The lowest BCUT2D eigenvalue weighted by Gasteiger charge is -2.18. The number of amides is 1. The highest BCUT2D eigenvalue weighted by Gasteiger charge is 2.38. The molecule has 39 heavy (non-hydrogen) atoms. The molecular formula is C31H38N2O6. The number of likely N-dealkylation sites (tertiary alicyclic amines) is 1. The number of rotatable bonds is 11. The maximum Gasteiger partial charge on any atom is 0.409 e. The molecule has 1 fully saturated rings. The fourth-order valence-electron chi connectivity index (χ4n) is 4.90. The van der Waals surface area contributed by atoms with Gasteiger partial charge in [0.05, 0.1) is 32.4 Å². The molecule has 0 spiro atoms. The van der Waals surface area contributed by atoms with E-state index in [-0.39, 0.29) is 36.2 Å². The van der Waals surface area contributed by atoms with Crippen molar-refractivity contribution < 1.29 is 28.2 Å². The molecular weight excluding hydrogens is 496 g/mol. The maximum atomic E-state index is 12.7. The molecule has 0 radical (unpaired) electrons. The summed E-state index contributed by atoms with van der Waals surface area (Å²) in [5.41, 5.74) is 3.06. The molecule has 1 unspecified atom stereocenters. The Bertz CT molecular complexity index is 1240. The highest BCUT2D eigenvalue weighted by molar-refractivity contribution is 5.71. The standard InChI is InChI=1S/C31H38N2O6/c1-21(2)20-38-31(35)33-18-25(17-30(34)36-4)27(19-33)24-11-8-12-26(16-24)37-14-13-28-22(3)39-29(32-28)15-23-9-6-5-7-10-23/h5-12,16,21,25,27H,13-15,17-20H2,1-4H3/t25-,27?/m0/s1. The number of nitrogens with zero attached hydrogens (tertiary/aromatic N) is 2. The number of carbonyl (C=O) groups excluding carboxylic acids is 2. The first-order valence-corrected chi connectivity index (χ1v) is 13.5. The van der Waals surface area contributed by atoms with Crippen LogP contribution in [0.3, 0.4) is 0 Å². The van der Waals surface area contributed by atoms with Crippen molar-refractivity contribution >= 4 is 12.1 Å². The van der Waals surface area contributed by atoms with Crippen LogP contribution in [0.25, 0.3) is 0 Å². The first-order valence-electron chi connectivity index (χ1n) is 13.5. The second-order valence-corrected chi connectivity index (χ2v) is 10.5. The molecule has 8 nitrogen and oxygen atoms in total. The largest absolute Gasteiger partial charge is 0.493 e. The molecule has 1 aliphatic heterocycles. The lowest BCUT2D eigenvalue weighted by molar-refractivity contribution is -0.141. The van der Waals surface area contributed by atoms with Crippen molar-refractivity contribution in [3.63, 3.8) is 0 Å². The number of methoxy groups -OCH3 is 1. The SMILES string of the molecule is COC(=O)C[C@H]1CN(C(=O)OCC(C)C)CC1c1cccc(OCCc2nc(Cc3ccccc3)oc2C)c1. The van der Waals surface area contributed by atoms with Gasteiger partial charge in [-0.2, -0.15) is 0 Å². The first kappa shape index (κ1) is 28.2. The molecule has 4 rings (SSSR count). The Kier molecular flexibility index (Phi) is 9.63. The third-order valence-electron chi connectivity index (χ3n) is 6.92. The maximum absolute atomic E-state index is 12.7. The number of hydrogen-bond acceptors (Lipinski definition) is 7. The van der Waals surface area contributed by atoms with Gasteiger partial charge in [-0.25, -0.2) is 9.78 Å². The number of aryl methyl sites for hydroxylation is 1. The van der Waals surface area contributed by atoms with Crippen molar-refractivity contribution in [1.29, 1.82) is 0 Å². The van der Waals surface area contributed by atoms with E-state index >= 15 is 0 Å². The second-order valence-electron chi connectivity index (χ2n) is 10.5. The summed E-state index contributed by atoms with van der Waals surface area (Å²) < 4.78 is 22.3. The molecule has 208 valence electrons. The van der Waals surface area contributed by atoms with Gasteiger partial charge < -0.3 is 23.5 Å². The predicted octanol–water partition coefficient (Wildman–Crippen LogP) is 5.57. The molecule has 0 N–H and O–H groups in total. The Labute approximate surface area is 230 Å². The van der Waals surface area contributed by atoms with E-state index in [1.54, 1.807) is 4.90 Å². The Balaban J connectivity index is 1.38. The number of benzene rings is 2. The predicted molar refractivity (Wildman–Crippen MR) is 147 cm³/mol. The lowest BCUT2D eigenvalue weighted by atomic mass is 9.87. The minimum atomic E-state index is -0.344. The smallest absolute Gasteiger partial charge is 0.409 e. The summed E-state index contributed by atoms with van der Waals surface area (Å²) in [5.74, 6) is 2.10. The van der Waals surface area contributed by atoms with Crippen LogP contribution in [0.15, 0.2) is 59.0 Å². The summed E-state index contributed by atoms with van der Waals surface area (Å²) in [6, 6.07) is 18.0. The Morgan fingerprint density at radius 2 is 1.90 bits per heavy atom. The van der Waals surface area contributed by atoms with Crippen LogP contribution in [0.5, 0.6) is 5.75 Å². The van der Waals surface area contributed by atoms with Crippen LogP contribution in [0, 0.1) is 18.8 Å². The number of esters is 1. The second kappa shape index (κ2) is 13.3. The van der Waals surface area contributed by atoms with Gasteiger partial charge in [-0.15, -0.1) is 0 Å². The third kappa shape index (κ3) is 7.85. The van der Waals surface area contributed by atoms with Crippen molar-refractivity contribution in [1.82, 2.24) is 9.88 Å². The highest BCUT2D eigenvalue weighted by Crippen LogP contribution is 2.36. The van der Waals surface area contributed by atoms with E-state index in [9.17, 15) is 9.59 Å².